The first kappa shape index (κ1) is 23.8. The standard InChI is InChI=1S/C30H31N7O2/c1-19-28(20(2)39-34-19)22-9-10-24-23(15-22)29(37-13-14-38-17-27(37)21-7-5-4-6-8-21)33-30(32-24)36-12-11-26-25(16-36)31-18-35(26)3/h4-10,15,18,27H,11-14,16-17H2,1-3H3. The van der Waals surface area contributed by atoms with Gasteiger partial charge in [-0.15, -0.1) is 0 Å². The molecule has 5 aromatic rings. The second-order valence-electron chi connectivity index (χ2n) is 10.4. The third-order valence-corrected chi connectivity index (χ3v) is 7.96. The second kappa shape index (κ2) is 9.50. The number of benzene rings is 2. The molecule has 0 saturated carbocycles. The molecule has 0 radical (unpaired) electrons. The maximum absolute atomic E-state index is 5.98. The molecule has 2 aliphatic rings. The van der Waals surface area contributed by atoms with Gasteiger partial charge in [0.2, 0.25) is 5.95 Å². The van der Waals surface area contributed by atoms with Crippen LogP contribution in [0.5, 0.6) is 0 Å². The van der Waals surface area contributed by atoms with Gasteiger partial charge in [-0.25, -0.2) is 9.97 Å². The number of hydrogen-bond acceptors (Lipinski definition) is 8. The summed E-state index contributed by atoms with van der Waals surface area (Å²) in [5, 5.41) is 5.19. The summed E-state index contributed by atoms with van der Waals surface area (Å²) in [5.41, 5.74) is 7.45. The van der Waals surface area contributed by atoms with Gasteiger partial charge in [-0.3, -0.25) is 0 Å². The van der Waals surface area contributed by atoms with Crippen LogP contribution in [0.15, 0.2) is 59.4 Å². The van der Waals surface area contributed by atoms with Gasteiger partial charge in [0.05, 0.1) is 49.0 Å². The summed E-state index contributed by atoms with van der Waals surface area (Å²) >= 11 is 0. The van der Waals surface area contributed by atoms with Gasteiger partial charge in [0, 0.05) is 43.2 Å². The lowest BCUT2D eigenvalue weighted by Gasteiger charge is -2.38. The summed E-state index contributed by atoms with van der Waals surface area (Å²) in [6.45, 7) is 7.47. The first-order chi connectivity index (χ1) is 19.1. The van der Waals surface area contributed by atoms with Crippen molar-refractivity contribution in [2.75, 3.05) is 36.1 Å². The van der Waals surface area contributed by atoms with E-state index in [4.69, 9.17) is 19.2 Å². The molecule has 0 aliphatic carbocycles. The summed E-state index contributed by atoms with van der Waals surface area (Å²) in [5.74, 6) is 2.46. The van der Waals surface area contributed by atoms with E-state index in [0.29, 0.717) is 19.8 Å². The van der Waals surface area contributed by atoms with Gasteiger partial charge in [-0.05, 0) is 37.1 Å². The zero-order chi connectivity index (χ0) is 26.5. The fraction of sp³-hybridized carbons (Fsp3) is 0.333. The molecule has 0 N–H and O–H groups in total. The number of anilines is 2. The predicted octanol–water partition coefficient (Wildman–Crippen LogP) is 4.78. The number of nitrogens with zero attached hydrogens (tertiary/aromatic N) is 7. The van der Waals surface area contributed by atoms with Crippen LogP contribution in [-0.4, -0.2) is 51.0 Å². The highest BCUT2D eigenvalue weighted by molar-refractivity contribution is 5.94. The molecule has 1 saturated heterocycles. The van der Waals surface area contributed by atoms with Gasteiger partial charge in [0.25, 0.3) is 0 Å². The highest BCUT2D eigenvalue weighted by Gasteiger charge is 2.30. The zero-order valence-electron chi connectivity index (χ0n) is 22.5. The van der Waals surface area contributed by atoms with Crippen molar-refractivity contribution >= 4 is 22.7 Å². The fourth-order valence-corrected chi connectivity index (χ4v) is 5.95. The lowest BCUT2D eigenvalue weighted by atomic mass is 10.0. The summed E-state index contributed by atoms with van der Waals surface area (Å²) in [4.78, 5) is 19.6. The molecule has 1 atom stereocenters. The van der Waals surface area contributed by atoms with E-state index in [0.717, 1.165) is 70.5 Å². The quantitative estimate of drug-likeness (QED) is 0.334. The van der Waals surface area contributed by atoms with Gasteiger partial charge >= 0.3 is 0 Å². The first-order valence-electron chi connectivity index (χ1n) is 13.4. The molecule has 5 heterocycles. The number of aryl methyl sites for hydroxylation is 3. The lowest BCUT2D eigenvalue weighted by molar-refractivity contribution is 0.0939. The van der Waals surface area contributed by atoms with Gasteiger partial charge < -0.3 is 23.6 Å². The number of fused-ring (bicyclic) bond motifs is 2. The summed E-state index contributed by atoms with van der Waals surface area (Å²) in [6, 6.07) is 17.0. The van der Waals surface area contributed by atoms with Crippen LogP contribution >= 0.6 is 0 Å². The third-order valence-electron chi connectivity index (χ3n) is 7.96. The number of rotatable bonds is 4. The molecule has 2 aliphatic heterocycles. The maximum Gasteiger partial charge on any atom is 0.228 e. The summed E-state index contributed by atoms with van der Waals surface area (Å²) < 4.78 is 13.6. The third kappa shape index (κ3) is 4.13. The molecule has 9 heteroatoms. The Morgan fingerprint density at radius 1 is 1.00 bits per heavy atom. The fourth-order valence-electron chi connectivity index (χ4n) is 5.95. The molecule has 7 rings (SSSR count). The Morgan fingerprint density at radius 3 is 2.69 bits per heavy atom. The van der Waals surface area contributed by atoms with Crippen LogP contribution in [0.1, 0.15) is 34.4 Å². The number of ether oxygens (including phenoxy) is 1. The largest absolute Gasteiger partial charge is 0.377 e. The molecule has 0 spiro atoms. The van der Waals surface area contributed by atoms with E-state index in [1.807, 2.05) is 26.2 Å². The Bertz CT molecular complexity index is 1640. The monoisotopic (exact) mass is 521 g/mol. The Kier molecular flexibility index (Phi) is 5.81. The topological polar surface area (TPSA) is 85.3 Å². The van der Waals surface area contributed by atoms with Gasteiger partial charge in [-0.1, -0.05) is 41.6 Å². The van der Waals surface area contributed by atoms with E-state index in [9.17, 15) is 0 Å². The molecule has 198 valence electrons. The van der Waals surface area contributed by atoms with Crippen LogP contribution in [-0.2, 0) is 24.8 Å². The normalized spacial score (nSPS) is 17.6. The minimum Gasteiger partial charge on any atom is -0.377 e. The van der Waals surface area contributed by atoms with E-state index >= 15 is 0 Å². The molecule has 0 bridgehead atoms. The van der Waals surface area contributed by atoms with Crippen LogP contribution in [0.2, 0.25) is 0 Å². The van der Waals surface area contributed by atoms with E-state index in [1.165, 1.54) is 11.3 Å². The highest BCUT2D eigenvalue weighted by Crippen LogP contribution is 2.38. The molecule has 2 aromatic carbocycles. The average Bonchev–Trinajstić information content (AvgIpc) is 3.52. The number of hydrogen-bond donors (Lipinski definition) is 0. The van der Waals surface area contributed by atoms with Crippen LogP contribution in [0.25, 0.3) is 22.0 Å². The smallest absolute Gasteiger partial charge is 0.228 e. The molecule has 3 aromatic heterocycles. The van der Waals surface area contributed by atoms with Crippen molar-refractivity contribution in [2.24, 2.45) is 7.05 Å². The van der Waals surface area contributed by atoms with Crippen molar-refractivity contribution in [1.82, 2.24) is 24.7 Å². The van der Waals surface area contributed by atoms with Crippen molar-refractivity contribution in [3.05, 3.63) is 83.3 Å². The molecule has 39 heavy (non-hydrogen) atoms. The minimum absolute atomic E-state index is 0.0531. The molecular formula is C30H31N7O2. The lowest BCUT2D eigenvalue weighted by Crippen LogP contribution is -2.40. The maximum atomic E-state index is 5.98. The minimum atomic E-state index is 0.0531. The Morgan fingerprint density at radius 2 is 1.87 bits per heavy atom. The van der Waals surface area contributed by atoms with Gasteiger partial charge in [0.1, 0.15) is 11.6 Å². The van der Waals surface area contributed by atoms with Crippen LogP contribution in [0.4, 0.5) is 11.8 Å². The molecule has 1 fully saturated rings. The number of morpholine rings is 1. The van der Waals surface area contributed by atoms with E-state index in [1.54, 1.807) is 0 Å². The zero-order valence-corrected chi connectivity index (χ0v) is 22.5. The van der Waals surface area contributed by atoms with E-state index < -0.39 is 0 Å². The van der Waals surface area contributed by atoms with E-state index in [2.05, 4.69) is 74.0 Å². The first-order valence-corrected chi connectivity index (χ1v) is 13.4. The number of aromatic nitrogens is 5. The highest BCUT2D eigenvalue weighted by atomic mass is 16.5. The Balaban J connectivity index is 1.39. The van der Waals surface area contributed by atoms with Crippen LogP contribution in [0.3, 0.4) is 0 Å². The van der Waals surface area contributed by atoms with E-state index in [-0.39, 0.29) is 6.04 Å². The summed E-state index contributed by atoms with van der Waals surface area (Å²) in [7, 11) is 2.06. The van der Waals surface area contributed by atoms with Gasteiger partial charge in [-0.2, -0.15) is 4.98 Å². The van der Waals surface area contributed by atoms with Crippen molar-refractivity contribution < 1.29 is 9.26 Å². The molecular weight excluding hydrogens is 490 g/mol. The van der Waals surface area contributed by atoms with Crippen molar-refractivity contribution in [2.45, 2.75) is 32.9 Å². The second-order valence-corrected chi connectivity index (χ2v) is 10.4. The van der Waals surface area contributed by atoms with Crippen molar-refractivity contribution in [1.29, 1.82) is 0 Å². The molecule has 0 amide bonds. The predicted molar refractivity (Wildman–Crippen MR) is 150 cm³/mol. The van der Waals surface area contributed by atoms with Crippen molar-refractivity contribution in [3.63, 3.8) is 0 Å². The summed E-state index contributed by atoms with van der Waals surface area (Å²) in [6.07, 6.45) is 2.81. The van der Waals surface area contributed by atoms with Crippen LogP contribution in [0, 0.1) is 13.8 Å². The van der Waals surface area contributed by atoms with Crippen molar-refractivity contribution in [3.8, 4) is 11.1 Å². The Hall–Kier alpha value is -4.24. The van der Waals surface area contributed by atoms with Crippen LogP contribution < -0.4 is 9.80 Å². The molecule has 1 unspecified atom stereocenters. The average molecular weight is 522 g/mol. The molecule has 9 nitrogen and oxygen atoms in total. The SMILES string of the molecule is Cc1noc(C)c1-c1ccc2nc(N3CCc4c(ncn4C)C3)nc(N3CCOCC3c3ccccc3)c2c1. The van der Waals surface area contributed by atoms with Gasteiger partial charge in [0.15, 0.2) is 0 Å². The Labute approximate surface area is 227 Å². The number of imidazole rings is 1.